The minimum Gasteiger partial charge on any atom is -0.443 e. The van der Waals surface area contributed by atoms with Crippen LogP contribution in [-0.4, -0.2) is 17.4 Å². The van der Waals surface area contributed by atoms with Crippen LogP contribution in [0.15, 0.2) is 29.0 Å². The number of amides is 1. The number of hydrogen-bond donors (Lipinski definition) is 1. The van der Waals surface area contributed by atoms with Crippen LogP contribution in [0.2, 0.25) is 0 Å². The fourth-order valence-corrected chi connectivity index (χ4v) is 1.72. The highest BCUT2D eigenvalue weighted by Gasteiger charge is 2.22. The van der Waals surface area contributed by atoms with Gasteiger partial charge in [-0.1, -0.05) is 19.9 Å². The second-order valence-electron chi connectivity index (χ2n) is 4.71. The van der Waals surface area contributed by atoms with Crippen LogP contribution in [0.4, 0.5) is 0 Å². The first-order chi connectivity index (χ1) is 8.53. The van der Waals surface area contributed by atoms with Crippen molar-refractivity contribution < 1.29 is 9.21 Å². The number of nitrogens with zero attached hydrogens (tertiary/aromatic N) is 2. The van der Waals surface area contributed by atoms with Crippen molar-refractivity contribution >= 4 is 17.0 Å². The van der Waals surface area contributed by atoms with Crippen molar-refractivity contribution in [3.05, 3.63) is 30.2 Å². The number of nitrogens with one attached hydrogen (secondary N) is 1. The second kappa shape index (κ2) is 4.49. The molecule has 0 aliphatic carbocycles. The standard InChI is InChI=1S/C13H13N3O2/c1-13(2,7-15-12(17)6-14)9-3-4-10-11(5-9)18-8-16-10/h3-5,8H,7H2,1-2H3,(H,15,17). The topological polar surface area (TPSA) is 78.9 Å². The first-order valence-corrected chi connectivity index (χ1v) is 5.54. The molecule has 18 heavy (non-hydrogen) atoms. The van der Waals surface area contributed by atoms with Crippen molar-refractivity contribution in [2.45, 2.75) is 19.3 Å². The predicted molar refractivity (Wildman–Crippen MR) is 65.7 cm³/mol. The molecule has 0 atom stereocenters. The third kappa shape index (κ3) is 2.33. The molecule has 0 aliphatic heterocycles. The maximum absolute atomic E-state index is 11.0. The number of benzene rings is 1. The monoisotopic (exact) mass is 243 g/mol. The molecule has 1 aromatic heterocycles. The molecule has 0 saturated carbocycles. The van der Waals surface area contributed by atoms with Gasteiger partial charge in [-0.25, -0.2) is 4.98 Å². The minimum absolute atomic E-state index is 0.284. The Kier molecular flexibility index (Phi) is 3.02. The Labute approximate surface area is 104 Å². The summed E-state index contributed by atoms with van der Waals surface area (Å²) in [6.45, 7) is 4.36. The van der Waals surface area contributed by atoms with Gasteiger partial charge in [0.1, 0.15) is 5.52 Å². The second-order valence-corrected chi connectivity index (χ2v) is 4.71. The van der Waals surface area contributed by atoms with Crippen molar-refractivity contribution in [3.63, 3.8) is 0 Å². The number of carbonyl (C=O) groups is 1. The van der Waals surface area contributed by atoms with Crippen molar-refractivity contribution in [2.24, 2.45) is 0 Å². The number of aromatic nitrogens is 1. The van der Waals surface area contributed by atoms with E-state index < -0.39 is 5.91 Å². The molecular formula is C13H13N3O2. The fourth-order valence-electron chi connectivity index (χ4n) is 1.72. The maximum atomic E-state index is 11.0. The van der Waals surface area contributed by atoms with E-state index in [-0.39, 0.29) is 5.41 Å². The Hall–Kier alpha value is -2.35. The molecule has 2 aromatic rings. The molecule has 5 nitrogen and oxygen atoms in total. The molecule has 0 aliphatic rings. The first-order valence-electron chi connectivity index (χ1n) is 5.54. The molecule has 0 radical (unpaired) electrons. The van der Waals surface area contributed by atoms with Gasteiger partial charge < -0.3 is 9.73 Å². The normalized spacial score (nSPS) is 11.2. The summed E-state index contributed by atoms with van der Waals surface area (Å²) >= 11 is 0. The van der Waals surface area contributed by atoms with Crippen molar-refractivity contribution in [1.82, 2.24) is 10.3 Å². The number of oxazole rings is 1. The van der Waals surface area contributed by atoms with E-state index in [1.54, 1.807) is 0 Å². The molecule has 0 spiro atoms. The summed E-state index contributed by atoms with van der Waals surface area (Å²) in [7, 11) is 0. The lowest BCUT2D eigenvalue weighted by Crippen LogP contribution is -2.35. The molecule has 1 amide bonds. The van der Waals surface area contributed by atoms with Crippen LogP contribution in [0.25, 0.3) is 11.1 Å². The quantitative estimate of drug-likeness (QED) is 0.833. The van der Waals surface area contributed by atoms with Gasteiger partial charge in [-0.05, 0) is 17.7 Å². The van der Waals surface area contributed by atoms with Crippen molar-refractivity contribution in [3.8, 4) is 6.07 Å². The Morgan fingerprint density at radius 1 is 1.56 bits per heavy atom. The fraction of sp³-hybridized carbons (Fsp3) is 0.308. The Bertz CT molecular complexity index is 622. The van der Waals surface area contributed by atoms with E-state index in [9.17, 15) is 4.79 Å². The SMILES string of the molecule is CC(C)(CNC(=O)C#N)c1ccc2ncoc2c1. The van der Waals surface area contributed by atoms with E-state index >= 15 is 0 Å². The zero-order chi connectivity index (χ0) is 13.2. The van der Waals surface area contributed by atoms with Gasteiger partial charge >= 0.3 is 5.91 Å². The van der Waals surface area contributed by atoms with Gasteiger partial charge in [0.2, 0.25) is 0 Å². The predicted octanol–water partition coefficient (Wildman–Crippen LogP) is 1.75. The summed E-state index contributed by atoms with van der Waals surface area (Å²) in [6.07, 6.45) is 1.40. The van der Waals surface area contributed by atoms with Gasteiger partial charge in [0.05, 0.1) is 0 Å². The van der Waals surface area contributed by atoms with E-state index in [1.807, 2.05) is 32.0 Å². The summed E-state index contributed by atoms with van der Waals surface area (Å²) in [5.41, 5.74) is 2.25. The molecule has 0 bridgehead atoms. The van der Waals surface area contributed by atoms with Gasteiger partial charge in [-0.15, -0.1) is 0 Å². The van der Waals surface area contributed by atoms with E-state index in [4.69, 9.17) is 9.68 Å². The van der Waals surface area contributed by atoms with Gasteiger partial charge in [0.15, 0.2) is 18.0 Å². The highest BCUT2D eigenvalue weighted by Crippen LogP contribution is 2.25. The highest BCUT2D eigenvalue weighted by atomic mass is 16.3. The molecule has 1 aromatic carbocycles. The van der Waals surface area contributed by atoms with Crippen LogP contribution >= 0.6 is 0 Å². The van der Waals surface area contributed by atoms with Gasteiger partial charge in [0, 0.05) is 12.0 Å². The third-order valence-corrected chi connectivity index (χ3v) is 2.91. The Morgan fingerprint density at radius 2 is 2.33 bits per heavy atom. The molecule has 1 N–H and O–H groups in total. The zero-order valence-corrected chi connectivity index (χ0v) is 10.2. The van der Waals surface area contributed by atoms with Gasteiger partial charge in [-0.3, -0.25) is 4.79 Å². The largest absolute Gasteiger partial charge is 0.443 e. The summed E-state index contributed by atoms with van der Waals surface area (Å²) in [5, 5.41) is 11.0. The Morgan fingerprint density at radius 3 is 3.06 bits per heavy atom. The zero-order valence-electron chi connectivity index (χ0n) is 10.2. The van der Waals surface area contributed by atoms with Crippen LogP contribution in [0.5, 0.6) is 0 Å². The molecule has 2 rings (SSSR count). The average Bonchev–Trinajstić information content (AvgIpc) is 2.83. The lowest BCUT2D eigenvalue weighted by atomic mass is 9.84. The first kappa shape index (κ1) is 12.1. The van der Waals surface area contributed by atoms with E-state index in [0.717, 1.165) is 11.1 Å². The number of nitriles is 1. The molecule has 0 fully saturated rings. The van der Waals surface area contributed by atoms with Gasteiger partial charge in [0.25, 0.3) is 0 Å². The molecular weight excluding hydrogens is 230 g/mol. The third-order valence-electron chi connectivity index (χ3n) is 2.91. The molecule has 5 heteroatoms. The van der Waals surface area contributed by atoms with Crippen LogP contribution < -0.4 is 5.32 Å². The summed E-state index contributed by atoms with van der Waals surface area (Å²) < 4.78 is 5.25. The molecule has 1 heterocycles. The number of hydrogen-bond acceptors (Lipinski definition) is 4. The maximum Gasteiger partial charge on any atom is 0.322 e. The lowest BCUT2D eigenvalue weighted by molar-refractivity contribution is -0.116. The highest BCUT2D eigenvalue weighted by molar-refractivity contribution is 5.91. The molecule has 0 saturated heterocycles. The van der Waals surface area contributed by atoms with Crippen LogP contribution in [0, 0.1) is 11.3 Å². The average molecular weight is 243 g/mol. The van der Waals surface area contributed by atoms with Crippen LogP contribution in [0.3, 0.4) is 0 Å². The van der Waals surface area contributed by atoms with Crippen LogP contribution in [0.1, 0.15) is 19.4 Å². The summed E-state index contributed by atoms with van der Waals surface area (Å²) in [6, 6.07) is 7.26. The number of fused-ring (bicyclic) bond motifs is 1. The van der Waals surface area contributed by atoms with E-state index in [1.165, 1.54) is 12.5 Å². The van der Waals surface area contributed by atoms with Crippen molar-refractivity contribution in [2.75, 3.05) is 6.54 Å². The smallest absolute Gasteiger partial charge is 0.322 e. The Balaban J connectivity index is 2.22. The summed E-state index contributed by atoms with van der Waals surface area (Å²) in [5.74, 6) is -0.621. The van der Waals surface area contributed by atoms with Crippen molar-refractivity contribution in [1.29, 1.82) is 5.26 Å². The van der Waals surface area contributed by atoms with Gasteiger partial charge in [-0.2, -0.15) is 5.26 Å². The van der Waals surface area contributed by atoms with E-state index in [0.29, 0.717) is 12.1 Å². The summed E-state index contributed by atoms with van der Waals surface area (Å²) in [4.78, 5) is 15.0. The van der Waals surface area contributed by atoms with Crippen LogP contribution in [-0.2, 0) is 10.2 Å². The number of rotatable bonds is 3. The molecule has 92 valence electrons. The lowest BCUT2D eigenvalue weighted by Gasteiger charge is -2.24. The van der Waals surface area contributed by atoms with E-state index in [2.05, 4.69) is 10.3 Å². The minimum atomic E-state index is -0.621. The molecule has 0 unspecified atom stereocenters. The number of carbonyl (C=O) groups excluding carboxylic acids is 1.